The summed E-state index contributed by atoms with van der Waals surface area (Å²) in [5.41, 5.74) is 1.79. The standard InChI is InChI=1S/C21H28FN3S/c1-24(2)21(18-4-3-13-26-18)9-7-20(8-10-21)11-12-25(16-20)15-17-5-6-19(22)23-14-17/h3-6,13-14H,7-12,15-16H2,1-2H3. The molecule has 0 radical (unpaired) electrons. The van der Waals surface area contributed by atoms with E-state index in [2.05, 4.69) is 46.4 Å². The zero-order valence-electron chi connectivity index (χ0n) is 15.7. The van der Waals surface area contributed by atoms with Gasteiger partial charge in [0.25, 0.3) is 0 Å². The summed E-state index contributed by atoms with van der Waals surface area (Å²) in [4.78, 5) is 10.3. The van der Waals surface area contributed by atoms with Crippen LogP contribution in [0.25, 0.3) is 0 Å². The fraction of sp³-hybridized carbons (Fsp3) is 0.571. The van der Waals surface area contributed by atoms with Crippen molar-refractivity contribution in [3.8, 4) is 0 Å². The van der Waals surface area contributed by atoms with E-state index in [4.69, 9.17) is 0 Å². The smallest absolute Gasteiger partial charge is 0.212 e. The summed E-state index contributed by atoms with van der Waals surface area (Å²) in [6, 6.07) is 7.82. The Balaban J connectivity index is 1.42. The second-order valence-corrected chi connectivity index (χ2v) is 9.30. The van der Waals surface area contributed by atoms with Crippen LogP contribution < -0.4 is 0 Å². The number of hydrogen-bond acceptors (Lipinski definition) is 4. The Morgan fingerprint density at radius 3 is 2.58 bits per heavy atom. The molecule has 2 fully saturated rings. The molecule has 0 amide bonds. The van der Waals surface area contributed by atoms with Crippen molar-refractivity contribution in [3.05, 3.63) is 52.2 Å². The van der Waals surface area contributed by atoms with Gasteiger partial charge in [0, 0.05) is 24.2 Å². The first-order chi connectivity index (χ1) is 12.5. The maximum atomic E-state index is 13.0. The predicted molar refractivity (Wildman–Crippen MR) is 105 cm³/mol. The van der Waals surface area contributed by atoms with E-state index in [9.17, 15) is 4.39 Å². The molecule has 2 aliphatic rings. The first kappa shape index (κ1) is 18.1. The van der Waals surface area contributed by atoms with Gasteiger partial charge in [-0.3, -0.25) is 9.80 Å². The molecule has 2 aromatic rings. The van der Waals surface area contributed by atoms with Crippen molar-refractivity contribution in [2.45, 2.75) is 44.2 Å². The second-order valence-electron chi connectivity index (χ2n) is 8.35. The second kappa shape index (κ2) is 7.02. The maximum absolute atomic E-state index is 13.0. The van der Waals surface area contributed by atoms with E-state index in [0.29, 0.717) is 5.41 Å². The first-order valence-electron chi connectivity index (χ1n) is 9.56. The third-order valence-corrected chi connectivity index (χ3v) is 7.75. The van der Waals surface area contributed by atoms with Gasteiger partial charge in [0.2, 0.25) is 5.95 Å². The summed E-state index contributed by atoms with van der Waals surface area (Å²) in [5.74, 6) is -0.396. The van der Waals surface area contributed by atoms with Crippen LogP contribution in [0.4, 0.5) is 4.39 Å². The Morgan fingerprint density at radius 1 is 1.15 bits per heavy atom. The quantitative estimate of drug-likeness (QED) is 0.735. The topological polar surface area (TPSA) is 19.4 Å². The molecule has 2 aromatic heterocycles. The normalized spacial score (nSPS) is 29.7. The van der Waals surface area contributed by atoms with Gasteiger partial charge in [0.05, 0.1) is 5.54 Å². The summed E-state index contributed by atoms with van der Waals surface area (Å²) in [7, 11) is 4.47. The van der Waals surface area contributed by atoms with Crippen molar-refractivity contribution in [3.63, 3.8) is 0 Å². The van der Waals surface area contributed by atoms with Crippen LogP contribution in [0.3, 0.4) is 0 Å². The van der Waals surface area contributed by atoms with Gasteiger partial charge < -0.3 is 0 Å². The minimum atomic E-state index is -0.396. The highest BCUT2D eigenvalue weighted by Crippen LogP contribution is 2.52. The summed E-state index contributed by atoms with van der Waals surface area (Å²) < 4.78 is 13.0. The van der Waals surface area contributed by atoms with Crippen LogP contribution in [0.15, 0.2) is 35.8 Å². The molecule has 26 heavy (non-hydrogen) atoms. The molecule has 1 saturated heterocycles. The van der Waals surface area contributed by atoms with Crippen LogP contribution in [0, 0.1) is 11.4 Å². The average molecular weight is 374 g/mol. The van der Waals surface area contributed by atoms with Gasteiger partial charge in [-0.15, -0.1) is 11.3 Å². The molecule has 1 aliphatic carbocycles. The molecule has 0 N–H and O–H groups in total. The van der Waals surface area contributed by atoms with Gasteiger partial charge >= 0.3 is 0 Å². The molecule has 0 unspecified atom stereocenters. The highest BCUT2D eigenvalue weighted by atomic mass is 32.1. The Kier molecular flexibility index (Phi) is 4.88. The fourth-order valence-electron chi connectivity index (χ4n) is 4.98. The van der Waals surface area contributed by atoms with Crippen molar-refractivity contribution < 1.29 is 4.39 Å². The van der Waals surface area contributed by atoms with Gasteiger partial charge in [-0.25, -0.2) is 4.98 Å². The van der Waals surface area contributed by atoms with Crippen LogP contribution >= 0.6 is 11.3 Å². The van der Waals surface area contributed by atoms with Crippen LogP contribution in [0.1, 0.15) is 42.5 Å². The number of nitrogens with zero attached hydrogens (tertiary/aromatic N) is 3. The van der Waals surface area contributed by atoms with E-state index in [-0.39, 0.29) is 5.54 Å². The Morgan fingerprint density at radius 2 is 1.96 bits per heavy atom. The number of aromatic nitrogens is 1. The number of pyridine rings is 1. The Labute approximate surface area is 159 Å². The first-order valence-corrected chi connectivity index (χ1v) is 10.4. The molecule has 1 spiro atoms. The lowest BCUT2D eigenvalue weighted by Gasteiger charge is -2.48. The number of halogens is 1. The maximum Gasteiger partial charge on any atom is 0.212 e. The SMILES string of the molecule is CN(C)C1(c2cccs2)CCC2(CCN(Cc3ccc(F)nc3)C2)CC1. The molecule has 140 valence electrons. The Bertz CT molecular complexity index is 718. The van der Waals surface area contributed by atoms with E-state index >= 15 is 0 Å². The largest absolute Gasteiger partial charge is 0.299 e. The number of hydrogen-bond donors (Lipinski definition) is 0. The molecule has 1 saturated carbocycles. The van der Waals surface area contributed by atoms with Gasteiger partial charge in [0.1, 0.15) is 0 Å². The number of thiophene rings is 1. The van der Waals surface area contributed by atoms with E-state index in [1.165, 1.54) is 49.6 Å². The van der Waals surface area contributed by atoms with Crippen molar-refractivity contribution in [2.75, 3.05) is 27.2 Å². The molecule has 5 heteroatoms. The molecule has 4 rings (SSSR count). The summed E-state index contributed by atoms with van der Waals surface area (Å²) in [6.07, 6.45) is 8.03. The fourth-order valence-corrected chi connectivity index (χ4v) is 6.05. The summed E-state index contributed by atoms with van der Waals surface area (Å²) >= 11 is 1.90. The number of likely N-dealkylation sites (tertiary alicyclic amines) is 1. The molecule has 0 atom stereocenters. The van der Waals surface area contributed by atoms with Gasteiger partial charge in [-0.05, 0) is 81.2 Å². The third-order valence-electron chi connectivity index (χ3n) is 6.69. The van der Waals surface area contributed by atoms with Gasteiger partial charge in [-0.1, -0.05) is 12.1 Å². The van der Waals surface area contributed by atoms with Crippen LogP contribution in [-0.4, -0.2) is 42.0 Å². The zero-order chi connectivity index (χ0) is 18.2. The lowest BCUT2D eigenvalue weighted by atomic mass is 9.66. The lowest BCUT2D eigenvalue weighted by molar-refractivity contribution is 0.0404. The molecule has 0 aromatic carbocycles. The van der Waals surface area contributed by atoms with Crippen molar-refractivity contribution in [1.82, 2.24) is 14.8 Å². The molecular weight excluding hydrogens is 345 g/mol. The monoisotopic (exact) mass is 373 g/mol. The van der Waals surface area contributed by atoms with Gasteiger partial charge in [-0.2, -0.15) is 4.39 Å². The van der Waals surface area contributed by atoms with Crippen molar-refractivity contribution in [1.29, 1.82) is 0 Å². The van der Waals surface area contributed by atoms with Crippen molar-refractivity contribution >= 4 is 11.3 Å². The highest BCUT2D eigenvalue weighted by Gasteiger charge is 2.47. The van der Waals surface area contributed by atoms with Crippen LogP contribution in [-0.2, 0) is 12.1 Å². The van der Waals surface area contributed by atoms with Crippen LogP contribution in [0.5, 0.6) is 0 Å². The van der Waals surface area contributed by atoms with Crippen LogP contribution in [0.2, 0.25) is 0 Å². The molecule has 0 bridgehead atoms. The minimum absolute atomic E-state index is 0.216. The molecule has 3 nitrogen and oxygen atoms in total. The zero-order valence-corrected chi connectivity index (χ0v) is 16.6. The molecule has 1 aliphatic heterocycles. The van der Waals surface area contributed by atoms with E-state index in [1.54, 1.807) is 6.20 Å². The molecular formula is C21H28FN3S. The average Bonchev–Trinajstić information content (AvgIpc) is 3.29. The van der Waals surface area contributed by atoms with Crippen molar-refractivity contribution in [2.24, 2.45) is 5.41 Å². The lowest BCUT2D eigenvalue weighted by Crippen LogP contribution is -2.47. The highest BCUT2D eigenvalue weighted by molar-refractivity contribution is 7.10. The van der Waals surface area contributed by atoms with Gasteiger partial charge in [0.15, 0.2) is 0 Å². The van der Waals surface area contributed by atoms with E-state index < -0.39 is 5.95 Å². The summed E-state index contributed by atoms with van der Waals surface area (Å²) in [5, 5.41) is 2.21. The Hall–Kier alpha value is -1.30. The van der Waals surface area contributed by atoms with E-state index in [0.717, 1.165) is 18.7 Å². The number of rotatable bonds is 4. The minimum Gasteiger partial charge on any atom is -0.299 e. The third kappa shape index (κ3) is 3.32. The molecule has 3 heterocycles. The summed E-state index contributed by atoms with van der Waals surface area (Å²) in [6.45, 7) is 3.20. The van der Waals surface area contributed by atoms with E-state index in [1.807, 2.05) is 17.4 Å². The predicted octanol–water partition coefficient (Wildman–Crippen LogP) is 4.51.